The summed E-state index contributed by atoms with van der Waals surface area (Å²) in [4.78, 5) is 7.24. The van der Waals surface area contributed by atoms with E-state index in [1.54, 1.807) is 0 Å². The minimum absolute atomic E-state index is 0.588. The molecule has 1 saturated heterocycles. The molecule has 3 rings (SSSR count). The lowest BCUT2D eigenvalue weighted by atomic mass is 10.2. The summed E-state index contributed by atoms with van der Waals surface area (Å²) in [6.45, 7) is 10.1. The summed E-state index contributed by atoms with van der Waals surface area (Å²) < 4.78 is 2.21. The van der Waals surface area contributed by atoms with E-state index in [9.17, 15) is 0 Å². The Labute approximate surface area is 138 Å². The van der Waals surface area contributed by atoms with Crippen LogP contribution >= 0.6 is 0 Å². The average Bonchev–Trinajstić information content (AvgIpc) is 3.26. The van der Waals surface area contributed by atoms with Crippen LogP contribution in [0.25, 0.3) is 0 Å². The van der Waals surface area contributed by atoms with E-state index in [1.807, 2.05) is 0 Å². The first-order valence-corrected chi connectivity index (χ1v) is 8.99. The van der Waals surface area contributed by atoms with Gasteiger partial charge in [0.25, 0.3) is 0 Å². The highest BCUT2D eigenvalue weighted by atomic mass is 15.3. The molecule has 0 bridgehead atoms. The van der Waals surface area contributed by atoms with Crippen molar-refractivity contribution in [2.75, 3.05) is 26.2 Å². The van der Waals surface area contributed by atoms with Crippen molar-refractivity contribution in [3.63, 3.8) is 0 Å². The van der Waals surface area contributed by atoms with E-state index in [4.69, 9.17) is 4.99 Å². The molecule has 2 aliphatic rings. The number of aromatic nitrogens is 3. The third kappa shape index (κ3) is 3.83. The van der Waals surface area contributed by atoms with Crippen molar-refractivity contribution < 1.29 is 0 Å². The summed E-state index contributed by atoms with van der Waals surface area (Å²) in [6, 6.07) is 0.626. The van der Waals surface area contributed by atoms with Crippen LogP contribution in [0.2, 0.25) is 0 Å². The zero-order valence-electron chi connectivity index (χ0n) is 14.4. The molecule has 7 nitrogen and oxygen atoms in total. The lowest BCUT2D eigenvalue weighted by Gasteiger charge is -2.23. The number of rotatable bonds is 6. The van der Waals surface area contributed by atoms with Gasteiger partial charge in [-0.05, 0) is 39.3 Å². The van der Waals surface area contributed by atoms with Crippen molar-refractivity contribution in [1.29, 1.82) is 0 Å². The molecule has 0 aromatic carbocycles. The highest BCUT2D eigenvalue weighted by Crippen LogP contribution is 2.16. The Balaban J connectivity index is 1.57. The van der Waals surface area contributed by atoms with Crippen molar-refractivity contribution in [2.45, 2.75) is 58.7 Å². The number of guanidine groups is 1. The van der Waals surface area contributed by atoms with Crippen LogP contribution in [0, 0.1) is 0 Å². The van der Waals surface area contributed by atoms with E-state index in [0.29, 0.717) is 12.6 Å². The van der Waals surface area contributed by atoms with Crippen LogP contribution in [-0.4, -0.2) is 57.8 Å². The summed E-state index contributed by atoms with van der Waals surface area (Å²) in [5.74, 6) is 2.97. The first-order chi connectivity index (χ1) is 11.3. The van der Waals surface area contributed by atoms with E-state index < -0.39 is 0 Å². The minimum atomic E-state index is 0.588. The lowest BCUT2D eigenvalue weighted by Crippen LogP contribution is -2.44. The molecule has 0 aliphatic carbocycles. The molecule has 0 saturated carbocycles. The Morgan fingerprint density at radius 3 is 2.96 bits per heavy atom. The molecule has 23 heavy (non-hydrogen) atoms. The van der Waals surface area contributed by atoms with E-state index in [1.165, 1.54) is 25.8 Å². The maximum atomic E-state index is 4.70. The molecule has 0 amide bonds. The largest absolute Gasteiger partial charge is 0.357 e. The Hall–Kier alpha value is -1.63. The number of likely N-dealkylation sites (tertiary alicyclic amines) is 1. The van der Waals surface area contributed by atoms with Crippen molar-refractivity contribution in [1.82, 2.24) is 30.3 Å². The van der Waals surface area contributed by atoms with Crippen LogP contribution in [0.5, 0.6) is 0 Å². The molecule has 0 radical (unpaired) electrons. The van der Waals surface area contributed by atoms with Gasteiger partial charge >= 0.3 is 0 Å². The van der Waals surface area contributed by atoms with Crippen molar-refractivity contribution in [3.05, 3.63) is 11.6 Å². The number of aliphatic imine (C=N–C) groups is 1. The molecule has 2 N–H and O–H groups in total. The Morgan fingerprint density at radius 1 is 1.22 bits per heavy atom. The number of likely N-dealkylation sites (N-methyl/N-ethyl adjacent to an activating group) is 1. The van der Waals surface area contributed by atoms with Gasteiger partial charge in [0.2, 0.25) is 0 Å². The standard InChI is InChI=1S/C16H29N7/c1-3-17-16(18-11-13-7-5-9-22(13)4-2)19-12-15-21-20-14-8-6-10-23(14)15/h13H,3-12H2,1-2H3,(H2,17,18,19). The summed E-state index contributed by atoms with van der Waals surface area (Å²) in [5, 5.41) is 15.4. The third-order valence-corrected chi connectivity index (χ3v) is 4.82. The first kappa shape index (κ1) is 16.2. The first-order valence-electron chi connectivity index (χ1n) is 8.99. The number of hydrogen-bond donors (Lipinski definition) is 2. The van der Waals surface area contributed by atoms with Gasteiger partial charge in [0, 0.05) is 32.1 Å². The maximum Gasteiger partial charge on any atom is 0.191 e. The smallest absolute Gasteiger partial charge is 0.191 e. The minimum Gasteiger partial charge on any atom is -0.357 e. The van der Waals surface area contributed by atoms with Gasteiger partial charge in [-0.15, -0.1) is 10.2 Å². The molecule has 3 heterocycles. The van der Waals surface area contributed by atoms with Crippen molar-refractivity contribution in [3.8, 4) is 0 Å². The van der Waals surface area contributed by atoms with Gasteiger partial charge in [-0.3, -0.25) is 4.90 Å². The topological polar surface area (TPSA) is 70.4 Å². The second kappa shape index (κ2) is 7.77. The van der Waals surface area contributed by atoms with Gasteiger partial charge in [-0.2, -0.15) is 0 Å². The second-order valence-electron chi connectivity index (χ2n) is 6.29. The van der Waals surface area contributed by atoms with Crippen LogP contribution < -0.4 is 10.6 Å². The number of nitrogens with one attached hydrogen (secondary N) is 2. The molecule has 2 aliphatic heterocycles. The number of hydrogen-bond acceptors (Lipinski definition) is 4. The zero-order valence-corrected chi connectivity index (χ0v) is 14.4. The monoisotopic (exact) mass is 319 g/mol. The van der Waals surface area contributed by atoms with Gasteiger partial charge in [0.1, 0.15) is 12.4 Å². The Kier molecular flexibility index (Phi) is 5.48. The summed E-state index contributed by atoms with van der Waals surface area (Å²) in [7, 11) is 0. The van der Waals surface area contributed by atoms with E-state index >= 15 is 0 Å². The molecule has 0 spiro atoms. The molecule has 1 fully saturated rings. The molecule has 1 atom stereocenters. The highest BCUT2D eigenvalue weighted by molar-refractivity contribution is 5.79. The fourth-order valence-corrected chi connectivity index (χ4v) is 3.58. The van der Waals surface area contributed by atoms with E-state index in [-0.39, 0.29) is 0 Å². The molecule has 1 aromatic heterocycles. The van der Waals surface area contributed by atoms with Gasteiger partial charge in [0.15, 0.2) is 11.8 Å². The molecule has 1 aromatic rings. The van der Waals surface area contributed by atoms with Crippen LogP contribution in [0.4, 0.5) is 0 Å². The molecular formula is C16H29N7. The van der Waals surface area contributed by atoms with Gasteiger partial charge in [-0.1, -0.05) is 6.92 Å². The summed E-state index contributed by atoms with van der Waals surface area (Å²) >= 11 is 0. The molecule has 1 unspecified atom stereocenters. The van der Waals surface area contributed by atoms with E-state index in [2.05, 4.69) is 44.1 Å². The summed E-state index contributed by atoms with van der Waals surface area (Å²) in [6.07, 6.45) is 4.80. The number of aryl methyl sites for hydroxylation is 1. The predicted molar refractivity (Wildman–Crippen MR) is 91.4 cm³/mol. The average molecular weight is 319 g/mol. The van der Waals surface area contributed by atoms with Gasteiger partial charge < -0.3 is 15.2 Å². The number of nitrogens with zero attached hydrogens (tertiary/aromatic N) is 5. The molecule has 7 heteroatoms. The summed E-state index contributed by atoms with van der Waals surface area (Å²) in [5.41, 5.74) is 0. The highest BCUT2D eigenvalue weighted by Gasteiger charge is 2.23. The predicted octanol–water partition coefficient (Wildman–Crippen LogP) is 0.764. The molecular weight excluding hydrogens is 290 g/mol. The lowest BCUT2D eigenvalue weighted by molar-refractivity contribution is 0.267. The zero-order chi connectivity index (χ0) is 16.1. The van der Waals surface area contributed by atoms with E-state index in [0.717, 1.165) is 50.2 Å². The maximum absolute atomic E-state index is 4.70. The quantitative estimate of drug-likeness (QED) is 0.598. The SMILES string of the molecule is CCNC(=NCc1nnc2n1CCC2)NCC1CCCN1CC. The second-order valence-corrected chi connectivity index (χ2v) is 6.29. The number of fused-ring (bicyclic) bond motifs is 1. The Morgan fingerprint density at radius 2 is 2.13 bits per heavy atom. The van der Waals surface area contributed by atoms with Gasteiger partial charge in [-0.25, -0.2) is 4.99 Å². The van der Waals surface area contributed by atoms with Crippen LogP contribution in [0.15, 0.2) is 4.99 Å². The van der Waals surface area contributed by atoms with Gasteiger partial charge in [0.05, 0.1) is 0 Å². The van der Waals surface area contributed by atoms with Crippen LogP contribution in [0.3, 0.4) is 0 Å². The van der Waals surface area contributed by atoms with Crippen LogP contribution in [0.1, 0.15) is 44.8 Å². The molecule has 128 valence electrons. The van der Waals surface area contributed by atoms with Crippen molar-refractivity contribution >= 4 is 5.96 Å². The third-order valence-electron chi connectivity index (χ3n) is 4.82. The van der Waals surface area contributed by atoms with Crippen molar-refractivity contribution in [2.24, 2.45) is 4.99 Å². The normalized spacial score (nSPS) is 21.7. The van der Waals surface area contributed by atoms with Crippen LogP contribution in [-0.2, 0) is 19.5 Å². The fraction of sp³-hybridized carbons (Fsp3) is 0.812. The Bertz CT molecular complexity index is 537. The fourth-order valence-electron chi connectivity index (χ4n) is 3.58.